The van der Waals surface area contributed by atoms with Crippen LogP contribution in [0.2, 0.25) is 0 Å². The largest absolute Gasteiger partial charge is 0.493 e. The highest BCUT2D eigenvalue weighted by molar-refractivity contribution is 5.64. The van der Waals surface area contributed by atoms with E-state index in [4.69, 9.17) is 9.47 Å². The maximum absolute atomic E-state index is 5.97. The van der Waals surface area contributed by atoms with Crippen LogP contribution < -0.4 is 9.47 Å². The first kappa shape index (κ1) is 17.4. The molecule has 0 fully saturated rings. The van der Waals surface area contributed by atoms with E-state index in [1.54, 1.807) is 0 Å². The van der Waals surface area contributed by atoms with E-state index in [9.17, 15) is 0 Å². The Bertz CT molecular complexity index is 667. The Morgan fingerprint density at radius 1 is 0.560 bits per heavy atom. The van der Waals surface area contributed by atoms with Crippen molar-refractivity contribution < 1.29 is 9.47 Å². The minimum absolute atomic E-state index is 0.778. The van der Waals surface area contributed by atoms with E-state index in [1.807, 2.05) is 48.6 Å². The molecule has 0 saturated heterocycles. The lowest BCUT2D eigenvalue weighted by Gasteiger charge is -2.09. The maximum atomic E-state index is 5.97. The van der Waals surface area contributed by atoms with Crippen LogP contribution in [0.15, 0.2) is 54.3 Å². The van der Waals surface area contributed by atoms with Crippen molar-refractivity contribution in [2.75, 3.05) is 13.2 Å². The molecule has 1 heterocycles. The Morgan fingerprint density at radius 2 is 1.00 bits per heavy atom. The van der Waals surface area contributed by atoms with Crippen LogP contribution in [-0.2, 0) is 0 Å². The molecule has 0 aromatic heterocycles. The fraction of sp³-hybridized carbons (Fsp3) is 0.348. The molecule has 0 atom stereocenters. The second-order valence-corrected chi connectivity index (χ2v) is 6.35. The van der Waals surface area contributed by atoms with Gasteiger partial charge in [-0.2, -0.15) is 0 Å². The number of hydrogen-bond donors (Lipinski definition) is 0. The Labute approximate surface area is 150 Å². The minimum Gasteiger partial charge on any atom is -0.493 e. The van der Waals surface area contributed by atoms with E-state index in [-0.39, 0.29) is 0 Å². The molecule has 0 bridgehead atoms. The van der Waals surface area contributed by atoms with Gasteiger partial charge >= 0.3 is 0 Å². The first-order valence-electron chi connectivity index (χ1n) is 9.29. The van der Waals surface area contributed by atoms with Gasteiger partial charge in [0, 0.05) is 11.1 Å². The van der Waals surface area contributed by atoms with E-state index >= 15 is 0 Å². The summed E-state index contributed by atoms with van der Waals surface area (Å²) in [5, 5.41) is 0. The van der Waals surface area contributed by atoms with Gasteiger partial charge in [0.1, 0.15) is 11.5 Å². The van der Waals surface area contributed by atoms with Gasteiger partial charge in [-0.15, -0.1) is 5.73 Å². The molecular formula is C23H26O2. The number of fused-ring (bicyclic) bond motifs is 2. The number of ether oxygens (including phenoxy) is 2. The van der Waals surface area contributed by atoms with E-state index in [0.29, 0.717) is 0 Å². The number of rotatable bonds is 0. The van der Waals surface area contributed by atoms with Gasteiger partial charge in [0.2, 0.25) is 0 Å². The van der Waals surface area contributed by atoms with E-state index in [1.165, 1.54) is 25.7 Å². The van der Waals surface area contributed by atoms with E-state index in [0.717, 1.165) is 48.7 Å². The van der Waals surface area contributed by atoms with Crippen LogP contribution in [0.25, 0.3) is 12.2 Å². The van der Waals surface area contributed by atoms with Crippen molar-refractivity contribution in [1.29, 1.82) is 0 Å². The molecule has 2 heteroatoms. The lowest BCUT2D eigenvalue weighted by Crippen LogP contribution is -1.99. The summed E-state index contributed by atoms with van der Waals surface area (Å²) in [6, 6.07) is 16.3. The van der Waals surface area contributed by atoms with Crippen LogP contribution in [0.3, 0.4) is 0 Å². The molecule has 1 aliphatic heterocycles. The zero-order valence-electron chi connectivity index (χ0n) is 14.7. The van der Waals surface area contributed by atoms with Gasteiger partial charge in [0.05, 0.1) is 13.2 Å². The standard InChI is InChI=1S/C23H26O2/c1-2-4-10-19-25-23-17-8-6-13-21(23)15-11-14-20-12-5-7-16-22(20)24-18-9-3-1/h5-8,12-17H,1-4,9-10,18-19H2. The van der Waals surface area contributed by atoms with Crippen LogP contribution >= 0.6 is 0 Å². The number of hydrogen-bond acceptors (Lipinski definition) is 2. The molecule has 0 amide bonds. The second kappa shape index (κ2) is 9.76. The second-order valence-electron chi connectivity index (χ2n) is 6.35. The summed E-state index contributed by atoms with van der Waals surface area (Å²) in [5.41, 5.74) is 5.40. The predicted octanol–water partition coefficient (Wildman–Crippen LogP) is 6.12. The predicted molar refractivity (Wildman–Crippen MR) is 104 cm³/mol. The minimum atomic E-state index is 0.778. The summed E-state index contributed by atoms with van der Waals surface area (Å²) in [6.07, 6.45) is 11.1. The van der Waals surface area contributed by atoms with Crippen molar-refractivity contribution in [3.63, 3.8) is 0 Å². The summed E-state index contributed by atoms with van der Waals surface area (Å²) < 4.78 is 11.9. The normalized spacial score (nSPS) is 16.0. The Balaban J connectivity index is 1.83. The van der Waals surface area contributed by atoms with Crippen molar-refractivity contribution in [3.05, 3.63) is 65.4 Å². The van der Waals surface area contributed by atoms with Crippen molar-refractivity contribution in [2.24, 2.45) is 0 Å². The molecule has 0 radical (unpaired) electrons. The highest BCUT2D eigenvalue weighted by Crippen LogP contribution is 2.22. The lowest BCUT2D eigenvalue weighted by atomic mass is 10.1. The van der Waals surface area contributed by atoms with E-state index < -0.39 is 0 Å². The summed E-state index contributed by atoms with van der Waals surface area (Å²) in [6.45, 7) is 1.56. The summed E-state index contributed by atoms with van der Waals surface area (Å²) in [4.78, 5) is 0. The van der Waals surface area contributed by atoms with Gasteiger partial charge in [-0.05, 0) is 37.1 Å². The molecule has 0 spiro atoms. The third-order valence-corrected chi connectivity index (χ3v) is 4.37. The highest BCUT2D eigenvalue weighted by Gasteiger charge is 2.02. The third-order valence-electron chi connectivity index (χ3n) is 4.37. The zero-order chi connectivity index (χ0) is 17.2. The van der Waals surface area contributed by atoms with Gasteiger partial charge in [-0.25, -0.2) is 0 Å². The van der Waals surface area contributed by atoms with Crippen molar-refractivity contribution >= 4 is 12.2 Å². The van der Waals surface area contributed by atoms with Gasteiger partial charge in [-0.3, -0.25) is 0 Å². The molecular weight excluding hydrogens is 308 g/mol. The Morgan fingerprint density at radius 3 is 1.52 bits per heavy atom. The third kappa shape index (κ3) is 5.55. The number of benzene rings is 2. The SMILES string of the molecule is C1=Cc2ccccc2OCCCCCCCCOc2ccccc2C=1. The molecule has 0 unspecified atom stereocenters. The summed E-state index contributed by atoms with van der Waals surface area (Å²) >= 11 is 0. The van der Waals surface area contributed by atoms with Crippen LogP contribution in [0, 0.1) is 0 Å². The number of para-hydroxylation sites is 2. The fourth-order valence-electron chi connectivity index (χ4n) is 2.96. The summed E-state index contributed by atoms with van der Waals surface area (Å²) in [5.74, 6) is 1.86. The smallest absolute Gasteiger partial charge is 0.127 e. The van der Waals surface area contributed by atoms with Gasteiger partial charge in [-0.1, -0.05) is 62.1 Å². The zero-order valence-corrected chi connectivity index (χ0v) is 14.7. The van der Waals surface area contributed by atoms with Crippen LogP contribution in [0.1, 0.15) is 49.7 Å². The molecule has 0 aliphatic carbocycles. The van der Waals surface area contributed by atoms with Crippen LogP contribution in [0.5, 0.6) is 11.5 Å². The van der Waals surface area contributed by atoms with Gasteiger partial charge < -0.3 is 9.47 Å². The molecule has 130 valence electrons. The van der Waals surface area contributed by atoms with E-state index in [2.05, 4.69) is 17.9 Å². The van der Waals surface area contributed by atoms with Crippen LogP contribution in [0.4, 0.5) is 0 Å². The van der Waals surface area contributed by atoms with Crippen molar-refractivity contribution in [2.45, 2.75) is 38.5 Å². The van der Waals surface area contributed by atoms with Crippen LogP contribution in [-0.4, -0.2) is 13.2 Å². The monoisotopic (exact) mass is 334 g/mol. The Hall–Kier alpha value is -2.44. The first-order valence-corrected chi connectivity index (χ1v) is 9.29. The Kier molecular flexibility index (Phi) is 6.79. The molecule has 3 rings (SSSR count). The molecule has 2 aromatic rings. The molecule has 2 aromatic carbocycles. The molecule has 0 saturated carbocycles. The highest BCUT2D eigenvalue weighted by atomic mass is 16.5. The average Bonchev–Trinajstić information content (AvgIpc) is 2.65. The maximum Gasteiger partial charge on any atom is 0.127 e. The first-order chi connectivity index (χ1) is 12.4. The lowest BCUT2D eigenvalue weighted by molar-refractivity contribution is 0.296. The average molecular weight is 334 g/mol. The molecule has 2 nitrogen and oxygen atoms in total. The molecule has 0 N–H and O–H groups in total. The molecule has 25 heavy (non-hydrogen) atoms. The van der Waals surface area contributed by atoms with Gasteiger partial charge in [0.15, 0.2) is 0 Å². The van der Waals surface area contributed by atoms with Crippen molar-refractivity contribution in [1.82, 2.24) is 0 Å². The fourth-order valence-corrected chi connectivity index (χ4v) is 2.96. The summed E-state index contributed by atoms with van der Waals surface area (Å²) in [7, 11) is 0. The topological polar surface area (TPSA) is 18.5 Å². The van der Waals surface area contributed by atoms with Crippen molar-refractivity contribution in [3.8, 4) is 11.5 Å². The quantitative estimate of drug-likeness (QED) is 0.540. The molecule has 1 aliphatic rings. The van der Waals surface area contributed by atoms with Gasteiger partial charge in [0.25, 0.3) is 0 Å².